The number of nitrogens with one attached hydrogen (secondary N) is 2. The summed E-state index contributed by atoms with van der Waals surface area (Å²) in [5.41, 5.74) is 1.90. The number of ether oxygens (including phenoxy) is 1. The van der Waals surface area contributed by atoms with E-state index < -0.39 is 0 Å². The number of carbonyl (C=O) groups is 1. The normalized spacial score (nSPS) is 14.3. The Morgan fingerprint density at radius 3 is 2.62 bits per heavy atom. The van der Waals surface area contributed by atoms with E-state index in [1.54, 1.807) is 18.6 Å². The fourth-order valence-electron chi connectivity index (χ4n) is 2.75. The largest absolute Gasteiger partial charge is 0.474 e. The molecule has 3 rings (SSSR count). The molecule has 2 N–H and O–H groups in total. The molecule has 2 aromatic heterocycles. The number of carbonyl (C=O) groups excluding carboxylic acids is 1. The third kappa shape index (κ3) is 4.68. The topological polar surface area (TPSA) is 76.1 Å². The van der Waals surface area contributed by atoms with Crippen LogP contribution in [-0.2, 0) is 13.1 Å². The minimum Gasteiger partial charge on any atom is -0.474 e. The molecule has 2 aromatic rings. The van der Waals surface area contributed by atoms with E-state index in [9.17, 15) is 4.79 Å². The van der Waals surface area contributed by atoms with Gasteiger partial charge in [0.05, 0.1) is 0 Å². The van der Waals surface area contributed by atoms with Crippen LogP contribution in [0, 0.1) is 0 Å². The van der Waals surface area contributed by atoms with Crippen LogP contribution in [0.5, 0.6) is 5.88 Å². The predicted octanol–water partition coefficient (Wildman–Crippen LogP) is 2.80. The monoisotopic (exact) mass is 326 g/mol. The molecule has 126 valence electrons. The van der Waals surface area contributed by atoms with Crippen LogP contribution in [0.15, 0.2) is 42.9 Å². The maximum absolute atomic E-state index is 11.9. The minimum absolute atomic E-state index is 0.220. The maximum atomic E-state index is 11.9. The summed E-state index contributed by atoms with van der Waals surface area (Å²) in [6.45, 7) is 0.852. The second kappa shape index (κ2) is 8.29. The SMILES string of the molecule is O=C(NCc1ccncc1)NCc1cccnc1OC1CCCC1. The van der Waals surface area contributed by atoms with Gasteiger partial charge in [-0.2, -0.15) is 0 Å². The smallest absolute Gasteiger partial charge is 0.315 e. The van der Waals surface area contributed by atoms with E-state index in [4.69, 9.17) is 4.74 Å². The number of hydrogen-bond donors (Lipinski definition) is 2. The fourth-order valence-corrected chi connectivity index (χ4v) is 2.75. The Kier molecular flexibility index (Phi) is 5.61. The van der Waals surface area contributed by atoms with E-state index in [0.29, 0.717) is 19.0 Å². The van der Waals surface area contributed by atoms with Gasteiger partial charge in [0.1, 0.15) is 6.10 Å². The quantitative estimate of drug-likeness (QED) is 0.856. The molecule has 2 heterocycles. The lowest BCUT2D eigenvalue weighted by Crippen LogP contribution is -2.34. The van der Waals surface area contributed by atoms with Gasteiger partial charge in [-0.15, -0.1) is 0 Å². The zero-order valence-corrected chi connectivity index (χ0v) is 13.6. The van der Waals surface area contributed by atoms with Gasteiger partial charge >= 0.3 is 6.03 Å². The van der Waals surface area contributed by atoms with E-state index in [2.05, 4.69) is 20.6 Å². The summed E-state index contributed by atoms with van der Waals surface area (Å²) in [5, 5.41) is 5.67. The number of hydrogen-bond acceptors (Lipinski definition) is 4. The average molecular weight is 326 g/mol. The molecular weight excluding hydrogens is 304 g/mol. The molecular formula is C18H22N4O2. The van der Waals surface area contributed by atoms with Crippen molar-refractivity contribution in [3.8, 4) is 5.88 Å². The highest BCUT2D eigenvalue weighted by Gasteiger charge is 2.18. The van der Waals surface area contributed by atoms with E-state index >= 15 is 0 Å². The molecule has 0 radical (unpaired) electrons. The molecule has 1 aliphatic rings. The van der Waals surface area contributed by atoms with E-state index in [1.807, 2.05) is 24.3 Å². The number of nitrogens with zero attached hydrogens (tertiary/aromatic N) is 2. The van der Waals surface area contributed by atoms with Crippen LogP contribution < -0.4 is 15.4 Å². The zero-order valence-electron chi connectivity index (χ0n) is 13.6. The van der Waals surface area contributed by atoms with Crippen molar-refractivity contribution in [2.75, 3.05) is 0 Å². The molecule has 0 spiro atoms. The van der Waals surface area contributed by atoms with Crippen molar-refractivity contribution in [1.29, 1.82) is 0 Å². The Hall–Kier alpha value is -2.63. The molecule has 0 aliphatic heterocycles. The van der Waals surface area contributed by atoms with Gasteiger partial charge in [0.15, 0.2) is 0 Å². The highest BCUT2D eigenvalue weighted by Crippen LogP contribution is 2.24. The predicted molar refractivity (Wildman–Crippen MR) is 90.4 cm³/mol. The number of aromatic nitrogens is 2. The lowest BCUT2D eigenvalue weighted by atomic mass is 10.2. The van der Waals surface area contributed by atoms with Gasteiger partial charge < -0.3 is 15.4 Å². The van der Waals surface area contributed by atoms with Gasteiger partial charge in [-0.3, -0.25) is 4.98 Å². The number of urea groups is 1. The third-order valence-corrected chi connectivity index (χ3v) is 4.07. The maximum Gasteiger partial charge on any atom is 0.315 e. The Labute approximate surface area is 141 Å². The van der Waals surface area contributed by atoms with Crippen LogP contribution in [-0.4, -0.2) is 22.1 Å². The molecule has 6 heteroatoms. The number of pyridine rings is 2. The van der Waals surface area contributed by atoms with E-state index in [0.717, 1.165) is 24.0 Å². The molecule has 6 nitrogen and oxygen atoms in total. The second-order valence-electron chi connectivity index (χ2n) is 5.88. The van der Waals surface area contributed by atoms with E-state index in [1.165, 1.54) is 12.8 Å². The van der Waals surface area contributed by atoms with Crippen LogP contribution in [0.1, 0.15) is 36.8 Å². The van der Waals surface area contributed by atoms with Crippen LogP contribution in [0.4, 0.5) is 4.79 Å². The van der Waals surface area contributed by atoms with Crippen molar-refractivity contribution < 1.29 is 9.53 Å². The molecule has 0 atom stereocenters. The van der Waals surface area contributed by atoms with Crippen LogP contribution >= 0.6 is 0 Å². The van der Waals surface area contributed by atoms with Crippen LogP contribution in [0.2, 0.25) is 0 Å². The fraction of sp³-hybridized carbons (Fsp3) is 0.389. The summed E-state index contributed by atoms with van der Waals surface area (Å²) in [6.07, 6.45) is 9.96. The molecule has 2 amide bonds. The van der Waals surface area contributed by atoms with Crippen LogP contribution in [0.25, 0.3) is 0 Å². The minimum atomic E-state index is -0.220. The van der Waals surface area contributed by atoms with Crippen molar-refractivity contribution in [3.63, 3.8) is 0 Å². The highest BCUT2D eigenvalue weighted by atomic mass is 16.5. The third-order valence-electron chi connectivity index (χ3n) is 4.07. The average Bonchev–Trinajstić information content (AvgIpc) is 3.13. The van der Waals surface area contributed by atoms with Crippen molar-refractivity contribution in [3.05, 3.63) is 54.0 Å². The second-order valence-corrected chi connectivity index (χ2v) is 5.88. The highest BCUT2D eigenvalue weighted by molar-refractivity contribution is 5.73. The van der Waals surface area contributed by atoms with Crippen molar-refractivity contribution >= 4 is 6.03 Å². The first-order valence-electron chi connectivity index (χ1n) is 8.32. The standard InChI is InChI=1S/C18H22N4O2/c23-18(21-12-14-7-10-19-11-8-14)22-13-15-4-3-9-20-17(15)24-16-5-1-2-6-16/h3-4,7-11,16H,1-2,5-6,12-13H2,(H2,21,22,23). The van der Waals surface area contributed by atoms with Gasteiger partial charge in [-0.05, 0) is 49.4 Å². The van der Waals surface area contributed by atoms with Crippen molar-refractivity contribution in [2.45, 2.75) is 44.9 Å². The first-order valence-corrected chi connectivity index (χ1v) is 8.32. The molecule has 1 saturated carbocycles. The Balaban J connectivity index is 1.49. The summed E-state index contributed by atoms with van der Waals surface area (Å²) in [6, 6.07) is 7.31. The van der Waals surface area contributed by atoms with Gasteiger partial charge in [-0.25, -0.2) is 9.78 Å². The molecule has 0 bridgehead atoms. The van der Waals surface area contributed by atoms with Gasteiger partial charge in [0.25, 0.3) is 0 Å². The summed E-state index contributed by atoms with van der Waals surface area (Å²) < 4.78 is 5.98. The van der Waals surface area contributed by atoms with Crippen molar-refractivity contribution in [2.24, 2.45) is 0 Å². The number of amides is 2. The van der Waals surface area contributed by atoms with Crippen LogP contribution in [0.3, 0.4) is 0 Å². The summed E-state index contributed by atoms with van der Waals surface area (Å²) in [5.74, 6) is 0.624. The molecule has 0 unspecified atom stereocenters. The Morgan fingerprint density at radius 2 is 1.83 bits per heavy atom. The van der Waals surface area contributed by atoms with Crippen molar-refractivity contribution in [1.82, 2.24) is 20.6 Å². The number of rotatable bonds is 6. The molecule has 24 heavy (non-hydrogen) atoms. The molecule has 0 aromatic carbocycles. The Bertz CT molecular complexity index is 657. The molecule has 1 aliphatic carbocycles. The summed E-state index contributed by atoms with van der Waals surface area (Å²) in [7, 11) is 0. The summed E-state index contributed by atoms with van der Waals surface area (Å²) in [4.78, 5) is 20.2. The van der Waals surface area contributed by atoms with Gasteiger partial charge in [-0.1, -0.05) is 6.07 Å². The first-order chi connectivity index (χ1) is 11.8. The van der Waals surface area contributed by atoms with Gasteiger partial charge in [0.2, 0.25) is 5.88 Å². The summed E-state index contributed by atoms with van der Waals surface area (Å²) >= 11 is 0. The lowest BCUT2D eigenvalue weighted by Gasteiger charge is -2.15. The molecule has 1 fully saturated rings. The van der Waals surface area contributed by atoms with Gasteiger partial charge in [0, 0.05) is 37.2 Å². The Morgan fingerprint density at radius 1 is 1.08 bits per heavy atom. The van der Waals surface area contributed by atoms with E-state index in [-0.39, 0.29) is 12.1 Å². The lowest BCUT2D eigenvalue weighted by molar-refractivity contribution is 0.198. The first kappa shape index (κ1) is 16.2. The molecule has 0 saturated heterocycles. The zero-order chi connectivity index (χ0) is 16.6.